The number of ether oxygens (including phenoxy) is 1. The second-order valence-electron chi connectivity index (χ2n) is 8.67. The molecule has 0 radical (unpaired) electrons. The van der Waals surface area contributed by atoms with Crippen LogP contribution in [-0.4, -0.2) is 70.0 Å². The maximum atomic E-state index is 14.8. The molecule has 1 aromatic carbocycles. The molecular weight excluding hydrogens is 526 g/mol. The molecule has 3 heterocycles. The van der Waals surface area contributed by atoms with Gasteiger partial charge in [-0.1, -0.05) is 0 Å². The van der Waals surface area contributed by atoms with Crippen molar-refractivity contribution in [2.45, 2.75) is 31.5 Å². The number of anilines is 1. The summed E-state index contributed by atoms with van der Waals surface area (Å²) >= 11 is 0. The number of benzene rings is 1. The van der Waals surface area contributed by atoms with Gasteiger partial charge in [0.25, 0.3) is 5.91 Å². The first-order chi connectivity index (χ1) is 17.7. The molecule has 1 amide bonds. The highest BCUT2D eigenvalue weighted by atomic mass is 19.4. The molecular formula is C23H20F6N4O5. The topological polar surface area (TPSA) is 117 Å². The Bertz CT molecular complexity index is 1410. The number of aliphatic hydroxyl groups excluding tert-OH is 2. The number of nitrogens with one attached hydrogen (secondary N) is 1. The molecule has 1 fully saturated rings. The van der Waals surface area contributed by atoms with E-state index in [-0.39, 0.29) is 29.9 Å². The van der Waals surface area contributed by atoms with Gasteiger partial charge in [0.1, 0.15) is 22.9 Å². The van der Waals surface area contributed by atoms with Crippen LogP contribution in [0.3, 0.4) is 0 Å². The molecule has 204 valence electrons. The van der Waals surface area contributed by atoms with Crippen LogP contribution in [-0.2, 0) is 4.74 Å². The van der Waals surface area contributed by atoms with Crippen LogP contribution in [0.5, 0.6) is 0 Å². The summed E-state index contributed by atoms with van der Waals surface area (Å²) in [5, 5.41) is 21.5. The molecule has 0 saturated carbocycles. The lowest BCUT2D eigenvalue weighted by Gasteiger charge is -2.20. The lowest BCUT2D eigenvalue weighted by atomic mass is 10.1. The minimum absolute atomic E-state index is 0.0401. The number of aromatic nitrogens is 2. The van der Waals surface area contributed by atoms with E-state index >= 15 is 0 Å². The summed E-state index contributed by atoms with van der Waals surface area (Å²) in [7, 11) is 0. The van der Waals surface area contributed by atoms with Crippen LogP contribution in [0.2, 0.25) is 0 Å². The van der Waals surface area contributed by atoms with Gasteiger partial charge >= 0.3 is 6.36 Å². The predicted molar refractivity (Wildman–Crippen MR) is 120 cm³/mol. The maximum Gasteiger partial charge on any atom is 0.522 e. The number of hydrogen-bond acceptors (Lipinski definition) is 7. The zero-order chi connectivity index (χ0) is 27.9. The molecule has 38 heavy (non-hydrogen) atoms. The third kappa shape index (κ3) is 5.58. The predicted octanol–water partition coefficient (Wildman–Crippen LogP) is 2.00. The van der Waals surface area contributed by atoms with Gasteiger partial charge in [0.2, 0.25) is 5.43 Å². The SMILES string of the molecule is C[C@@H](COC(F)(F)F)NC(=O)c1cn(-c2c(F)cc(F)cc2F)c2nc(N3C[C@@H](O)[C@H](O)C3)ccc2c1=O. The van der Waals surface area contributed by atoms with Crippen molar-refractivity contribution in [3.05, 3.63) is 63.7 Å². The number of fused-ring (bicyclic) bond motifs is 1. The fourth-order valence-corrected chi connectivity index (χ4v) is 3.99. The first-order valence-corrected chi connectivity index (χ1v) is 11.1. The Hall–Kier alpha value is -3.69. The number of carbonyl (C=O) groups excluding carboxylic acids is 1. The molecule has 0 unspecified atom stereocenters. The minimum Gasteiger partial charge on any atom is -0.389 e. The second-order valence-corrected chi connectivity index (χ2v) is 8.67. The van der Waals surface area contributed by atoms with Crippen LogP contribution in [0.1, 0.15) is 17.3 Å². The number of amides is 1. The molecule has 0 bridgehead atoms. The number of pyridine rings is 2. The van der Waals surface area contributed by atoms with Gasteiger partial charge in [-0.25, -0.2) is 18.2 Å². The van der Waals surface area contributed by atoms with Crippen molar-refractivity contribution in [3.8, 4) is 5.69 Å². The van der Waals surface area contributed by atoms with Crippen LogP contribution >= 0.6 is 0 Å². The number of hydrogen-bond donors (Lipinski definition) is 3. The summed E-state index contributed by atoms with van der Waals surface area (Å²) in [5.41, 5.74) is -2.88. The van der Waals surface area contributed by atoms with Crippen LogP contribution in [0.15, 0.2) is 35.3 Å². The number of aliphatic hydroxyl groups is 2. The first-order valence-electron chi connectivity index (χ1n) is 11.1. The summed E-state index contributed by atoms with van der Waals surface area (Å²) in [6.45, 7) is 0.120. The van der Waals surface area contributed by atoms with Gasteiger partial charge in [-0.05, 0) is 19.1 Å². The van der Waals surface area contributed by atoms with E-state index < -0.39 is 71.3 Å². The van der Waals surface area contributed by atoms with E-state index in [4.69, 9.17) is 0 Å². The number of alkyl halides is 3. The molecule has 3 aromatic rings. The van der Waals surface area contributed by atoms with Crippen molar-refractivity contribution in [3.63, 3.8) is 0 Å². The number of rotatable bonds is 6. The normalized spacial score (nSPS) is 18.7. The van der Waals surface area contributed by atoms with Crippen LogP contribution in [0, 0.1) is 17.5 Å². The number of β-amino-alcohol motifs (C(OH)–C–C–N with tert-alkyl or cyclic N) is 2. The summed E-state index contributed by atoms with van der Waals surface area (Å²) in [6.07, 6.45) is -6.43. The van der Waals surface area contributed by atoms with Gasteiger partial charge in [0.15, 0.2) is 17.3 Å². The average molecular weight is 546 g/mol. The van der Waals surface area contributed by atoms with Crippen molar-refractivity contribution >= 4 is 22.8 Å². The molecule has 3 atom stereocenters. The first kappa shape index (κ1) is 27.3. The second kappa shape index (κ2) is 10.2. The van der Waals surface area contributed by atoms with Crippen LogP contribution < -0.4 is 15.6 Å². The van der Waals surface area contributed by atoms with Crippen molar-refractivity contribution in [1.82, 2.24) is 14.9 Å². The fraction of sp³-hybridized carbons (Fsp3) is 0.348. The number of nitrogens with zero attached hydrogens (tertiary/aromatic N) is 3. The highest BCUT2D eigenvalue weighted by molar-refractivity contribution is 5.97. The molecule has 15 heteroatoms. The van der Waals surface area contributed by atoms with Crippen molar-refractivity contribution < 1.29 is 46.1 Å². The summed E-state index contributed by atoms with van der Waals surface area (Å²) in [4.78, 5) is 31.7. The van der Waals surface area contributed by atoms with Gasteiger partial charge in [0, 0.05) is 31.4 Å². The largest absolute Gasteiger partial charge is 0.522 e. The summed E-state index contributed by atoms with van der Waals surface area (Å²) < 4.78 is 84.5. The van der Waals surface area contributed by atoms with Crippen LogP contribution in [0.25, 0.3) is 16.7 Å². The van der Waals surface area contributed by atoms with Gasteiger partial charge in [-0.15, -0.1) is 13.2 Å². The molecule has 0 aliphatic carbocycles. The molecule has 4 rings (SSSR count). The molecule has 9 nitrogen and oxygen atoms in total. The third-order valence-corrected chi connectivity index (χ3v) is 5.76. The highest BCUT2D eigenvalue weighted by Crippen LogP contribution is 2.26. The molecule has 2 aromatic heterocycles. The highest BCUT2D eigenvalue weighted by Gasteiger charge is 2.32. The number of carbonyl (C=O) groups is 1. The summed E-state index contributed by atoms with van der Waals surface area (Å²) in [5.74, 6) is -5.09. The van der Waals surface area contributed by atoms with E-state index in [9.17, 15) is 46.1 Å². The van der Waals surface area contributed by atoms with Gasteiger partial charge in [-0.2, -0.15) is 0 Å². The van der Waals surface area contributed by atoms with E-state index in [2.05, 4.69) is 15.0 Å². The quantitative estimate of drug-likeness (QED) is 0.405. The third-order valence-electron chi connectivity index (χ3n) is 5.76. The van der Waals surface area contributed by atoms with Crippen molar-refractivity contribution in [2.75, 3.05) is 24.6 Å². The van der Waals surface area contributed by atoms with E-state index in [1.165, 1.54) is 24.0 Å². The smallest absolute Gasteiger partial charge is 0.389 e. The van der Waals surface area contributed by atoms with E-state index in [1.807, 2.05) is 0 Å². The van der Waals surface area contributed by atoms with Gasteiger partial charge < -0.3 is 20.4 Å². The van der Waals surface area contributed by atoms with Gasteiger partial charge in [-0.3, -0.25) is 18.9 Å². The minimum atomic E-state index is -4.96. The monoisotopic (exact) mass is 546 g/mol. The van der Waals surface area contributed by atoms with Gasteiger partial charge in [0.05, 0.1) is 30.2 Å². The lowest BCUT2D eigenvalue weighted by molar-refractivity contribution is -0.325. The Labute approximate surface area is 209 Å². The zero-order valence-electron chi connectivity index (χ0n) is 19.5. The zero-order valence-corrected chi connectivity index (χ0v) is 19.5. The van der Waals surface area contributed by atoms with Crippen LogP contribution in [0.4, 0.5) is 32.2 Å². The van der Waals surface area contributed by atoms with Crippen molar-refractivity contribution in [2.24, 2.45) is 0 Å². The number of halogens is 6. The van der Waals surface area contributed by atoms with E-state index in [1.54, 1.807) is 0 Å². The average Bonchev–Trinajstić information content (AvgIpc) is 3.16. The van der Waals surface area contributed by atoms with E-state index in [0.717, 1.165) is 6.20 Å². The molecule has 1 aliphatic rings. The Morgan fingerprint density at radius 2 is 1.76 bits per heavy atom. The Morgan fingerprint density at radius 1 is 1.16 bits per heavy atom. The molecule has 1 aliphatic heterocycles. The Morgan fingerprint density at radius 3 is 2.34 bits per heavy atom. The molecule has 0 spiro atoms. The van der Waals surface area contributed by atoms with Crippen molar-refractivity contribution in [1.29, 1.82) is 0 Å². The standard InChI is InChI=1S/C23H20F6N4O5/c1-10(9-38-23(27,28)29)30-22(37)13-6-33(19-14(25)4-11(24)5-15(19)26)21-12(20(13)36)2-3-18(31-21)32-7-16(34)17(35)8-32/h2-6,10,16-17,34-35H,7-9H2,1H3,(H,30,37)/t10-,16+,17+/m0/s1. The Balaban J connectivity index is 1.84. The molecule has 3 N–H and O–H groups in total. The summed E-state index contributed by atoms with van der Waals surface area (Å²) in [6, 6.07) is 2.03. The maximum absolute atomic E-state index is 14.8. The molecule has 1 saturated heterocycles. The lowest BCUT2D eigenvalue weighted by Crippen LogP contribution is -2.39. The Kier molecular flexibility index (Phi) is 7.36. The van der Waals surface area contributed by atoms with E-state index in [0.29, 0.717) is 16.7 Å². The fourth-order valence-electron chi connectivity index (χ4n) is 3.99.